The summed E-state index contributed by atoms with van der Waals surface area (Å²) < 4.78 is 0. The minimum absolute atomic E-state index is 0.107. The fourth-order valence-corrected chi connectivity index (χ4v) is 2.24. The molecule has 3 heteroatoms. The monoisotopic (exact) mass is 248 g/mol. The second kappa shape index (κ2) is 5.01. The van der Waals surface area contributed by atoms with Gasteiger partial charge in [-0.25, -0.2) is 0 Å². The molecule has 90 valence electrons. The lowest BCUT2D eigenvalue weighted by Crippen LogP contribution is -2.12. The molecule has 0 amide bonds. The van der Waals surface area contributed by atoms with Crippen molar-refractivity contribution in [3.8, 4) is 0 Å². The highest BCUT2D eigenvalue weighted by atomic mass is 35.5. The van der Waals surface area contributed by atoms with Crippen LogP contribution in [0.2, 0.25) is 0 Å². The Morgan fingerprint density at radius 1 is 1.18 bits per heavy atom. The Balaban J connectivity index is 2.59. The molecule has 1 heterocycles. The van der Waals surface area contributed by atoms with Crippen molar-refractivity contribution in [2.45, 2.75) is 38.5 Å². The third-order valence-electron chi connectivity index (χ3n) is 3.26. The lowest BCUT2D eigenvalue weighted by molar-refractivity contribution is 0.650. The molecule has 0 bridgehead atoms. The van der Waals surface area contributed by atoms with Crippen LogP contribution in [0.5, 0.6) is 0 Å². The van der Waals surface area contributed by atoms with Crippen LogP contribution < -0.4 is 0 Å². The smallest absolute Gasteiger partial charge is 0.0752 e. The fraction of sp³-hybridized carbons (Fsp3) is 0.429. The Morgan fingerprint density at radius 3 is 2.47 bits per heavy atom. The summed E-state index contributed by atoms with van der Waals surface area (Å²) in [6, 6.07) is 8.26. The minimum atomic E-state index is 0.107. The van der Waals surface area contributed by atoms with Gasteiger partial charge < -0.3 is 0 Å². The maximum atomic E-state index is 6.32. The van der Waals surface area contributed by atoms with Crippen molar-refractivity contribution in [3.63, 3.8) is 0 Å². The molecule has 1 aromatic heterocycles. The molecule has 2 atom stereocenters. The quantitative estimate of drug-likeness (QED) is 0.766. The van der Waals surface area contributed by atoms with Crippen LogP contribution in [0.25, 0.3) is 10.8 Å². The van der Waals surface area contributed by atoms with E-state index in [4.69, 9.17) is 11.6 Å². The topological polar surface area (TPSA) is 25.8 Å². The number of hydrogen-bond donors (Lipinski definition) is 0. The number of hydrogen-bond acceptors (Lipinski definition) is 2. The number of halogens is 1. The van der Waals surface area contributed by atoms with Crippen molar-refractivity contribution in [1.82, 2.24) is 10.2 Å². The van der Waals surface area contributed by atoms with Crippen LogP contribution in [0.4, 0.5) is 0 Å². The van der Waals surface area contributed by atoms with E-state index in [-0.39, 0.29) is 11.3 Å². The highest BCUT2D eigenvalue weighted by Gasteiger charge is 2.19. The maximum Gasteiger partial charge on any atom is 0.0752 e. The average molecular weight is 249 g/mol. The second-order valence-electron chi connectivity index (χ2n) is 4.43. The van der Waals surface area contributed by atoms with Crippen molar-refractivity contribution in [1.29, 1.82) is 0 Å². The number of alkyl halides is 1. The van der Waals surface area contributed by atoms with E-state index in [2.05, 4.69) is 36.2 Å². The third kappa shape index (κ3) is 2.27. The van der Waals surface area contributed by atoms with Crippen LogP contribution in [0.15, 0.2) is 24.3 Å². The van der Waals surface area contributed by atoms with Crippen molar-refractivity contribution >= 4 is 22.4 Å². The molecule has 2 rings (SSSR count). The van der Waals surface area contributed by atoms with Gasteiger partial charge in [-0.3, -0.25) is 0 Å². The summed E-state index contributed by atoms with van der Waals surface area (Å²) in [6.45, 7) is 6.20. The van der Waals surface area contributed by atoms with Gasteiger partial charge in [-0.1, -0.05) is 38.1 Å². The molecule has 0 saturated heterocycles. The van der Waals surface area contributed by atoms with Crippen LogP contribution in [-0.2, 0) is 0 Å². The van der Waals surface area contributed by atoms with E-state index < -0.39 is 0 Å². The average Bonchev–Trinajstić information content (AvgIpc) is 2.38. The Bertz CT molecular complexity index is 525. The normalized spacial score (nSPS) is 14.8. The molecule has 0 aliphatic rings. The molecule has 0 fully saturated rings. The lowest BCUT2D eigenvalue weighted by atomic mass is 9.96. The van der Waals surface area contributed by atoms with Gasteiger partial charge in [0.25, 0.3) is 0 Å². The molecule has 2 aromatic rings. The molecular weight excluding hydrogens is 232 g/mol. The number of nitrogens with zero attached hydrogens (tertiary/aromatic N) is 2. The van der Waals surface area contributed by atoms with Gasteiger partial charge in [0, 0.05) is 22.1 Å². The van der Waals surface area contributed by atoms with E-state index in [1.807, 2.05) is 19.1 Å². The molecule has 0 saturated carbocycles. The highest BCUT2D eigenvalue weighted by molar-refractivity contribution is 6.21. The third-order valence-corrected chi connectivity index (χ3v) is 3.95. The first kappa shape index (κ1) is 12.3. The van der Waals surface area contributed by atoms with Crippen LogP contribution >= 0.6 is 11.6 Å². The molecule has 17 heavy (non-hydrogen) atoms. The van der Waals surface area contributed by atoms with Gasteiger partial charge in [0.2, 0.25) is 0 Å². The first-order chi connectivity index (χ1) is 8.15. The van der Waals surface area contributed by atoms with Crippen LogP contribution in [0.3, 0.4) is 0 Å². The zero-order chi connectivity index (χ0) is 12.4. The number of benzene rings is 1. The van der Waals surface area contributed by atoms with Crippen molar-refractivity contribution < 1.29 is 0 Å². The summed E-state index contributed by atoms with van der Waals surface area (Å²) in [5, 5.41) is 11.0. The van der Waals surface area contributed by atoms with E-state index in [1.165, 1.54) is 10.8 Å². The molecule has 0 radical (unpaired) electrons. The molecule has 2 unspecified atom stereocenters. The van der Waals surface area contributed by atoms with Gasteiger partial charge in [-0.15, -0.1) is 11.6 Å². The van der Waals surface area contributed by atoms with Gasteiger partial charge in [0.05, 0.1) is 11.4 Å². The number of aromatic nitrogens is 2. The standard InChI is InChI=1S/C14H17ClN2/c1-4-13(15)9(2)14-12-8-6-5-7-11(12)10(3)16-17-14/h5-9,13H,4H2,1-3H3. The maximum absolute atomic E-state index is 6.32. The van der Waals surface area contributed by atoms with Gasteiger partial charge in [0.15, 0.2) is 0 Å². The zero-order valence-corrected chi connectivity index (χ0v) is 11.2. The Labute approximate surface area is 107 Å². The minimum Gasteiger partial charge on any atom is -0.155 e. The lowest BCUT2D eigenvalue weighted by Gasteiger charge is -2.17. The van der Waals surface area contributed by atoms with Gasteiger partial charge in [-0.05, 0) is 13.3 Å². The SMILES string of the molecule is CCC(Cl)C(C)c1nnc(C)c2ccccc12. The summed E-state index contributed by atoms with van der Waals surface area (Å²) in [6.07, 6.45) is 0.937. The summed E-state index contributed by atoms with van der Waals surface area (Å²) in [4.78, 5) is 0. The summed E-state index contributed by atoms with van der Waals surface area (Å²) in [7, 11) is 0. The Kier molecular flexibility index (Phi) is 3.63. The molecule has 0 N–H and O–H groups in total. The van der Waals surface area contributed by atoms with Crippen molar-refractivity contribution in [3.05, 3.63) is 35.7 Å². The summed E-state index contributed by atoms with van der Waals surface area (Å²) in [5.74, 6) is 0.222. The van der Waals surface area contributed by atoms with E-state index in [9.17, 15) is 0 Å². The largest absolute Gasteiger partial charge is 0.155 e. The summed E-state index contributed by atoms with van der Waals surface area (Å²) >= 11 is 6.32. The second-order valence-corrected chi connectivity index (χ2v) is 4.99. The predicted molar refractivity (Wildman–Crippen MR) is 72.6 cm³/mol. The highest BCUT2D eigenvalue weighted by Crippen LogP contribution is 2.29. The van der Waals surface area contributed by atoms with E-state index in [1.54, 1.807) is 0 Å². The molecule has 0 aliphatic heterocycles. The van der Waals surface area contributed by atoms with E-state index in [0.29, 0.717) is 0 Å². The van der Waals surface area contributed by atoms with Gasteiger partial charge >= 0.3 is 0 Å². The first-order valence-electron chi connectivity index (χ1n) is 6.01. The zero-order valence-electron chi connectivity index (χ0n) is 10.4. The van der Waals surface area contributed by atoms with E-state index in [0.717, 1.165) is 17.8 Å². The Hall–Kier alpha value is -1.15. The van der Waals surface area contributed by atoms with Crippen LogP contribution in [0.1, 0.15) is 37.6 Å². The molecule has 0 spiro atoms. The molecular formula is C14H17ClN2. The number of rotatable bonds is 3. The number of aryl methyl sites for hydroxylation is 1. The van der Waals surface area contributed by atoms with Crippen molar-refractivity contribution in [2.24, 2.45) is 0 Å². The Morgan fingerprint density at radius 2 is 1.82 bits per heavy atom. The van der Waals surface area contributed by atoms with Crippen LogP contribution in [0, 0.1) is 6.92 Å². The number of fused-ring (bicyclic) bond motifs is 1. The van der Waals surface area contributed by atoms with E-state index >= 15 is 0 Å². The molecule has 1 aromatic carbocycles. The summed E-state index contributed by atoms with van der Waals surface area (Å²) in [5.41, 5.74) is 1.98. The predicted octanol–water partition coefficient (Wildman–Crippen LogP) is 4.06. The first-order valence-corrected chi connectivity index (χ1v) is 6.44. The van der Waals surface area contributed by atoms with Crippen LogP contribution in [-0.4, -0.2) is 15.6 Å². The molecule has 2 nitrogen and oxygen atoms in total. The van der Waals surface area contributed by atoms with Gasteiger partial charge in [0.1, 0.15) is 0 Å². The fourth-order valence-electron chi connectivity index (χ4n) is 2.12. The van der Waals surface area contributed by atoms with Crippen molar-refractivity contribution in [2.75, 3.05) is 0 Å². The van der Waals surface area contributed by atoms with Gasteiger partial charge in [-0.2, -0.15) is 10.2 Å². The molecule has 0 aliphatic carbocycles.